The summed E-state index contributed by atoms with van der Waals surface area (Å²) in [5, 5.41) is 12.6. The van der Waals surface area contributed by atoms with Crippen LogP contribution in [0.4, 0.5) is 8.78 Å². The number of aliphatic imine (C=N–C) groups is 1. The normalized spacial score (nSPS) is 18.1. The first-order chi connectivity index (χ1) is 14.0. The van der Waals surface area contributed by atoms with Crippen LogP contribution in [0.5, 0.6) is 0 Å². The molecule has 1 aromatic heterocycles. The molecule has 1 unspecified atom stereocenters. The van der Waals surface area contributed by atoms with Crippen molar-refractivity contribution in [2.24, 2.45) is 4.99 Å². The van der Waals surface area contributed by atoms with Gasteiger partial charge in [-0.1, -0.05) is 17.7 Å². The van der Waals surface area contributed by atoms with Crippen LogP contribution < -0.4 is 5.32 Å². The quantitative estimate of drug-likeness (QED) is 0.691. The lowest BCUT2D eigenvalue weighted by atomic mass is 9.99. The number of nitrogens with zero attached hydrogens (tertiary/aromatic N) is 4. The molecule has 1 N–H and O–H groups in total. The minimum absolute atomic E-state index is 0.167. The topological polar surface area (TPSA) is 55.1 Å². The number of rotatable bonds is 4. The molecule has 0 radical (unpaired) electrons. The molecule has 0 spiro atoms. The molecule has 0 amide bonds. The second-order valence-electron chi connectivity index (χ2n) is 7.38. The molecule has 29 heavy (non-hydrogen) atoms. The van der Waals surface area contributed by atoms with Crippen molar-refractivity contribution >= 4 is 17.3 Å². The molecule has 3 aromatic rings. The molecular formula is C21H18ClF2N5. The highest BCUT2D eigenvalue weighted by atomic mass is 35.5. The Balaban J connectivity index is 1.72. The molecule has 2 heterocycles. The summed E-state index contributed by atoms with van der Waals surface area (Å²) in [7, 11) is 0. The maximum atomic E-state index is 14.6. The highest BCUT2D eigenvalue weighted by molar-refractivity contribution is 6.31. The van der Waals surface area contributed by atoms with Crippen molar-refractivity contribution in [2.75, 3.05) is 0 Å². The van der Waals surface area contributed by atoms with Crippen LogP contribution in [-0.2, 0) is 6.54 Å². The van der Waals surface area contributed by atoms with Gasteiger partial charge in [-0.2, -0.15) is 0 Å². The van der Waals surface area contributed by atoms with Crippen LogP contribution in [0, 0.1) is 11.6 Å². The summed E-state index contributed by atoms with van der Waals surface area (Å²) in [6, 6.07) is 9.10. The van der Waals surface area contributed by atoms with Crippen molar-refractivity contribution in [3.63, 3.8) is 0 Å². The Hall–Kier alpha value is -2.64. The van der Waals surface area contributed by atoms with Crippen molar-refractivity contribution in [2.45, 2.75) is 38.4 Å². The SMILES string of the molecule is CC1N=C(c2c(F)cccc2F)c2cc(Cl)ccc2-n2c(CNC3CC3)nnc21. The highest BCUT2D eigenvalue weighted by Crippen LogP contribution is 2.33. The molecular weight excluding hydrogens is 396 g/mol. The molecule has 2 aromatic carbocycles. The van der Waals surface area contributed by atoms with Gasteiger partial charge in [0, 0.05) is 16.6 Å². The van der Waals surface area contributed by atoms with Crippen molar-refractivity contribution in [3.8, 4) is 5.69 Å². The molecule has 2 aliphatic rings. The number of nitrogens with one attached hydrogen (secondary N) is 1. The van der Waals surface area contributed by atoms with Crippen molar-refractivity contribution in [3.05, 3.63) is 75.8 Å². The Kier molecular flexibility index (Phi) is 4.44. The molecule has 148 valence electrons. The van der Waals surface area contributed by atoms with Gasteiger partial charge in [-0.25, -0.2) is 8.78 Å². The van der Waals surface area contributed by atoms with Gasteiger partial charge in [0.2, 0.25) is 0 Å². The average molecular weight is 414 g/mol. The minimum Gasteiger partial charge on any atom is -0.307 e. The summed E-state index contributed by atoms with van der Waals surface area (Å²) in [5.41, 5.74) is 1.30. The fraction of sp³-hybridized carbons (Fsp3) is 0.286. The van der Waals surface area contributed by atoms with Gasteiger partial charge in [0.1, 0.15) is 17.7 Å². The van der Waals surface area contributed by atoms with Crippen LogP contribution in [-0.4, -0.2) is 26.5 Å². The van der Waals surface area contributed by atoms with Gasteiger partial charge >= 0.3 is 0 Å². The Morgan fingerprint density at radius 1 is 1.14 bits per heavy atom. The molecule has 1 atom stereocenters. The van der Waals surface area contributed by atoms with Crippen LogP contribution in [0.1, 0.15) is 48.6 Å². The van der Waals surface area contributed by atoms with E-state index >= 15 is 0 Å². The van der Waals surface area contributed by atoms with Crippen molar-refractivity contribution in [1.29, 1.82) is 0 Å². The zero-order valence-corrected chi connectivity index (χ0v) is 16.4. The van der Waals surface area contributed by atoms with Gasteiger partial charge in [-0.05, 0) is 50.1 Å². The number of hydrogen-bond acceptors (Lipinski definition) is 4. The molecule has 8 heteroatoms. The van der Waals surface area contributed by atoms with Crippen LogP contribution in [0.2, 0.25) is 5.02 Å². The Bertz CT molecular complexity index is 1120. The van der Waals surface area contributed by atoms with Gasteiger partial charge < -0.3 is 5.32 Å². The van der Waals surface area contributed by atoms with Gasteiger partial charge in [0.05, 0.1) is 23.5 Å². The third-order valence-electron chi connectivity index (χ3n) is 5.23. The van der Waals surface area contributed by atoms with Gasteiger partial charge in [-0.15, -0.1) is 10.2 Å². The zero-order valence-electron chi connectivity index (χ0n) is 15.7. The fourth-order valence-electron chi connectivity index (χ4n) is 3.64. The molecule has 5 nitrogen and oxygen atoms in total. The smallest absolute Gasteiger partial charge is 0.162 e. The predicted octanol–water partition coefficient (Wildman–Crippen LogP) is 4.36. The lowest BCUT2D eigenvalue weighted by Crippen LogP contribution is -2.19. The van der Waals surface area contributed by atoms with E-state index in [0.717, 1.165) is 18.7 Å². The van der Waals surface area contributed by atoms with Crippen LogP contribution in [0.3, 0.4) is 0 Å². The number of hydrogen-bond donors (Lipinski definition) is 1. The summed E-state index contributed by atoms with van der Waals surface area (Å²) in [6.07, 6.45) is 2.31. The summed E-state index contributed by atoms with van der Waals surface area (Å²) in [4.78, 5) is 4.65. The molecule has 1 saturated carbocycles. The Labute approximate surface area is 171 Å². The molecule has 1 aliphatic carbocycles. The summed E-state index contributed by atoms with van der Waals surface area (Å²) in [5.74, 6) is 0.00558. The number of halogens is 3. The third kappa shape index (κ3) is 3.24. The zero-order chi connectivity index (χ0) is 20.1. The van der Waals surface area contributed by atoms with Crippen molar-refractivity contribution < 1.29 is 8.78 Å². The number of aromatic nitrogens is 3. The van der Waals surface area contributed by atoms with Crippen molar-refractivity contribution in [1.82, 2.24) is 20.1 Å². The van der Waals surface area contributed by atoms with Crippen LogP contribution in [0.25, 0.3) is 5.69 Å². The second-order valence-corrected chi connectivity index (χ2v) is 7.81. The standard InChI is InChI=1S/C21H18ClF2N5/c1-11-21-28-27-18(10-25-13-6-7-13)29(21)17-8-5-12(22)9-14(17)20(26-11)19-15(23)3-2-4-16(19)24/h2-5,8-9,11,13,25H,6-7,10H2,1H3. The Morgan fingerprint density at radius 2 is 1.90 bits per heavy atom. The maximum absolute atomic E-state index is 14.6. The molecule has 5 rings (SSSR count). The average Bonchev–Trinajstić information content (AvgIpc) is 3.44. The first-order valence-corrected chi connectivity index (χ1v) is 9.91. The monoisotopic (exact) mass is 413 g/mol. The van der Waals surface area contributed by atoms with Gasteiger partial charge in [0.25, 0.3) is 0 Å². The van der Waals surface area contributed by atoms with E-state index in [9.17, 15) is 8.78 Å². The van der Waals surface area contributed by atoms with Gasteiger partial charge in [0.15, 0.2) is 11.6 Å². The highest BCUT2D eigenvalue weighted by Gasteiger charge is 2.30. The molecule has 1 fully saturated rings. The summed E-state index contributed by atoms with van der Waals surface area (Å²) >= 11 is 6.26. The number of benzene rings is 2. The Morgan fingerprint density at radius 3 is 2.62 bits per heavy atom. The summed E-state index contributed by atoms with van der Waals surface area (Å²) < 4.78 is 31.2. The molecule has 0 bridgehead atoms. The first-order valence-electron chi connectivity index (χ1n) is 9.53. The minimum atomic E-state index is -0.671. The van der Waals surface area contributed by atoms with Crippen LogP contribution in [0.15, 0.2) is 41.4 Å². The van der Waals surface area contributed by atoms with E-state index < -0.39 is 17.7 Å². The van der Waals surface area contributed by atoms with E-state index in [-0.39, 0.29) is 11.3 Å². The van der Waals surface area contributed by atoms with E-state index in [1.54, 1.807) is 12.1 Å². The first kappa shape index (κ1) is 18.4. The van der Waals surface area contributed by atoms with E-state index in [1.807, 2.05) is 17.6 Å². The lowest BCUT2D eigenvalue weighted by Gasteiger charge is -2.15. The van der Waals surface area contributed by atoms with E-state index in [0.29, 0.717) is 34.7 Å². The van der Waals surface area contributed by atoms with E-state index in [1.165, 1.54) is 18.2 Å². The number of fused-ring (bicyclic) bond motifs is 3. The van der Waals surface area contributed by atoms with E-state index in [2.05, 4.69) is 20.5 Å². The molecule has 0 saturated heterocycles. The third-order valence-corrected chi connectivity index (χ3v) is 5.47. The largest absolute Gasteiger partial charge is 0.307 e. The fourth-order valence-corrected chi connectivity index (χ4v) is 3.81. The lowest BCUT2D eigenvalue weighted by molar-refractivity contribution is 0.578. The molecule has 1 aliphatic heterocycles. The van der Waals surface area contributed by atoms with Gasteiger partial charge in [-0.3, -0.25) is 9.56 Å². The van der Waals surface area contributed by atoms with Crippen LogP contribution >= 0.6 is 11.6 Å². The van der Waals surface area contributed by atoms with E-state index in [4.69, 9.17) is 11.6 Å². The maximum Gasteiger partial charge on any atom is 0.162 e. The predicted molar refractivity (Wildman–Crippen MR) is 107 cm³/mol. The second kappa shape index (κ2) is 7.00. The summed E-state index contributed by atoms with van der Waals surface area (Å²) in [6.45, 7) is 2.39.